The Balaban J connectivity index is 1.66. The molecule has 0 aliphatic carbocycles. The molecule has 0 atom stereocenters. The fraction of sp³-hybridized carbons (Fsp3) is 0.154. The first-order chi connectivity index (χ1) is 17.1. The quantitative estimate of drug-likeness (QED) is 0.321. The standard InChI is InChI=1S/C26H25NO7S2/c1-18-10-12-22(13-11-18)36(30,31)34-25-8-4-7-24-23(25)6-5-9-26(24)35(28,29)27-17-19-14-20(32-2)16-21(15-19)33-3/h4-16,27H,17H2,1-3H3. The summed E-state index contributed by atoms with van der Waals surface area (Å²) >= 11 is 0. The Morgan fingerprint density at radius 3 is 2.00 bits per heavy atom. The summed E-state index contributed by atoms with van der Waals surface area (Å²) in [6.45, 7) is 1.84. The molecule has 0 spiro atoms. The number of benzene rings is 4. The summed E-state index contributed by atoms with van der Waals surface area (Å²) < 4.78 is 70.6. The van der Waals surface area contributed by atoms with Gasteiger partial charge in [-0.25, -0.2) is 13.1 Å². The Morgan fingerprint density at radius 1 is 0.750 bits per heavy atom. The number of fused-ring (bicyclic) bond motifs is 1. The first-order valence-electron chi connectivity index (χ1n) is 10.9. The largest absolute Gasteiger partial charge is 0.497 e. The second-order valence-electron chi connectivity index (χ2n) is 8.00. The fourth-order valence-electron chi connectivity index (χ4n) is 3.66. The third kappa shape index (κ3) is 5.46. The smallest absolute Gasteiger partial charge is 0.339 e. The second-order valence-corrected chi connectivity index (χ2v) is 11.3. The van der Waals surface area contributed by atoms with Crippen LogP contribution >= 0.6 is 0 Å². The summed E-state index contributed by atoms with van der Waals surface area (Å²) in [4.78, 5) is -0.00249. The number of sulfonamides is 1. The molecule has 4 aromatic carbocycles. The zero-order chi connectivity index (χ0) is 25.9. The number of ether oxygens (including phenoxy) is 2. The summed E-state index contributed by atoms with van der Waals surface area (Å²) in [6.07, 6.45) is 0. The van der Waals surface area contributed by atoms with Crippen LogP contribution in [0.15, 0.2) is 88.7 Å². The third-order valence-electron chi connectivity index (χ3n) is 5.52. The highest BCUT2D eigenvalue weighted by Gasteiger charge is 2.22. The highest BCUT2D eigenvalue weighted by atomic mass is 32.2. The summed E-state index contributed by atoms with van der Waals surface area (Å²) in [6, 6.07) is 20.6. The molecule has 10 heteroatoms. The molecular formula is C26H25NO7S2. The van der Waals surface area contributed by atoms with Crippen LogP contribution in [0.5, 0.6) is 17.2 Å². The lowest BCUT2D eigenvalue weighted by Crippen LogP contribution is -2.23. The van der Waals surface area contributed by atoms with Crippen molar-refractivity contribution in [3.8, 4) is 17.2 Å². The van der Waals surface area contributed by atoms with E-state index in [1.54, 1.807) is 48.5 Å². The molecule has 4 aromatic rings. The van der Waals surface area contributed by atoms with Crippen LogP contribution in [0.1, 0.15) is 11.1 Å². The first-order valence-corrected chi connectivity index (χ1v) is 13.8. The van der Waals surface area contributed by atoms with Crippen LogP contribution in [0, 0.1) is 6.92 Å². The van der Waals surface area contributed by atoms with E-state index in [1.165, 1.54) is 44.6 Å². The predicted molar refractivity (Wildman–Crippen MR) is 137 cm³/mol. The minimum atomic E-state index is -4.12. The predicted octanol–water partition coefficient (Wildman–Crippen LogP) is 4.41. The van der Waals surface area contributed by atoms with Gasteiger partial charge in [0, 0.05) is 23.4 Å². The molecule has 0 aliphatic heterocycles. The van der Waals surface area contributed by atoms with Gasteiger partial charge in [0.2, 0.25) is 10.0 Å². The molecule has 0 heterocycles. The molecular weight excluding hydrogens is 502 g/mol. The van der Waals surface area contributed by atoms with Gasteiger partial charge >= 0.3 is 10.1 Å². The third-order valence-corrected chi connectivity index (χ3v) is 8.23. The molecule has 36 heavy (non-hydrogen) atoms. The molecule has 0 saturated heterocycles. The number of hydrogen-bond acceptors (Lipinski definition) is 7. The monoisotopic (exact) mass is 527 g/mol. The lowest BCUT2D eigenvalue weighted by atomic mass is 10.1. The van der Waals surface area contributed by atoms with Gasteiger partial charge in [-0.05, 0) is 48.9 Å². The van der Waals surface area contributed by atoms with Gasteiger partial charge in [-0.1, -0.05) is 42.0 Å². The summed E-state index contributed by atoms with van der Waals surface area (Å²) in [5.41, 5.74) is 1.55. The Kier molecular flexibility index (Phi) is 7.21. The van der Waals surface area contributed by atoms with E-state index in [1.807, 2.05) is 6.92 Å². The number of hydrogen-bond donors (Lipinski definition) is 1. The Morgan fingerprint density at radius 2 is 1.36 bits per heavy atom. The van der Waals surface area contributed by atoms with Crippen molar-refractivity contribution in [2.75, 3.05) is 14.2 Å². The minimum Gasteiger partial charge on any atom is -0.497 e. The minimum absolute atomic E-state index is 0.00395. The van der Waals surface area contributed by atoms with Crippen LogP contribution in [-0.2, 0) is 26.7 Å². The van der Waals surface area contributed by atoms with Gasteiger partial charge in [-0.3, -0.25) is 0 Å². The zero-order valence-corrected chi connectivity index (χ0v) is 21.5. The molecule has 0 saturated carbocycles. The van der Waals surface area contributed by atoms with Gasteiger partial charge < -0.3 is 13.7 Å². The molecule has 1 N–H and O–H groups in total. The SMILES string of the molecule is COc1cc(CNS(=O)(=O)c2cccc3c(OS(=O)(=O)c4ccc(C)cc4)cccc23)cc(OC)c1. The molecule has 0 bridgehead atoms. The van der Waals surface area contributed by atoms with E-state index in [0.717, 1.165) is 5.56 Å². The number of methoxy groups -OCH3 is 2. The topological polar surface area (TPSA) is 108 Å². The van der Waals surface area contributed by atoms with Crippen LogP contribution in [0.3, 0.4) is 0 Å². The van der Waals surface area contributed by atoms with Crippen molar-refractivity contribution in [2.45, 2.75) is 23.3 Å². The van der Waals surface area contributed by atoms with E-state index in [-0.39, 0.29) is 22.1 Å². The van der Waals surface area contributed by atoms with Crippen molar-refractivity contribution in [3.63, 3.8) is 0 Å². The van der Waals surface area contributed by atoms with Crippen LogP contribution < -0.4 is 18.4 Å². The van der Waals surface area contributed by atoms with Gasteiger partial charge in [0.15, 0.2) is 5.75 Å². The maximum absolute atomic E-state index is 13.2. The van der Waals surface area contributed by atoms with Crippen molar-refractivity contribution in [1.82, 2.24) is 4.72 Å². The molecule has 4 rings (SSSR count). The molecule has 8 nitrogen and oxygen atoms in total. The summed E-state index contributed by atoms with van der Waals surface area (Å²) in [5, 5.41) is 0.670. The summed E-state index contributed by atoms with van der Waals surface area (Å²) in [5.74, 6) is 1.10. The van der Waals surface area contributed by atoms with Gasteiger partial charge in [0.1, 0.15) is 16.4 Å². The van der Waals surface area contributed by atoms with Crippen molar-refractivity contribution >= 4 is 30.9 Å². The average Bonchev–Trinajstić information content (AvgIpc) is 2.87. The van der Waals surface area contributed by atoms with Crippen LogP contribution in [0.25, 0.3) is 10.8 Å². The maximum atomic E-state index is 13.2. The van der Waals surface area contributed by atoms with E-state index in [9.17, 15) is 16.8 Å². The average molecular weight is 528 g/mol. The normalized spacial score (nSPS) is 11.9. The van der Waals surface area contributed by atoms with Crippen molar-refractivity contribution in [1.29, 1.82) is 0 Å². The van der Waals surface area contributed by atoms with E-state index < -0.39 is 20.1 Å². The molecule has 0 amide bonds. The Hall–Kier alpha value is -3.60. The second kappa shape index (κ2) is 10.2. The number of nitrogens with one attached hydrogen (secondary N) is 1. The lowest BCUT2D eigenvalue weighted by Gasteiger charge is -2.14. The van der Waals surface area contributed by atoms with Crippen LogP contribution in [0.2, 0.25) is 0 Å². The van der Waals surface area contributed by atoms with Gasteiger partial charge in [-0.15, -0.1) is 0 Å². The fourth-order valence-corrected chi connectivity index (χ4v) is 5.84. The molecule has 0 fully saturated rings. The summed E-state index contributed by atoms with van der Waals surface area (Å²) in [7, 11) is -5.07. The molecule has 188 valence electrons. The van der Waals surface area contributed by atoms with E-state index in [4.69, 9.17) is 13.7 Å². The van der Waals surface area contributed by atoms with E-state index >= 15 is 0 Å². The molecule has 0 aromatic heterocycles. The van der Waals surface area contributed by atoms with Gasteiger partial charge in [0.05, 0.1) is 19.1 Å². The Bertz CT molecular complexity index is 1590. The van der Waals surface area contributed by atoms with Gasteiger partial charge in [-0.2, -0.15) is 8.42 Å². The number of aryl methyl sites for hydroxylation is 1. The lowest BCUT2D eigenvalue weighted by molar-refractivity contribution is 0.393. The molecule has 0 unspecified atom stereocenters. The van der Waals surface area contributed by atoms with Gasteiger partial charge in [0.25, 0.3) is 0 Å². The first kappa shape index (κ1) is 25.5. The zero-order valence-electron chi connectivity index (χ0n) is 19.9. The maximum Gasteiger partial charge on any atom is 0.339 e. The molecule has 0 aliphatic rings. The molecule has 0 radical (unpaired) electrons. The van der Waals surface area contributed by atoms with Crippen LogP contribution in [-0.4, -0.2) is 31.1 Å². The van der Waals surface area contributed by atoms with E-state index in [2.05, 4.69) is 4.72 Å². The number of rotatable bonds is 9. The van der Waals surface area contributed by atoms with Crippen molar-refractivity contribution in [2.24, 2.45) is 0 Å². The highest BCUT2D eigenvalue weighted by molar-refractivity contribution is 7.89. The van der Waals surface area contributed by atoms with Crippen LogP contribution in [0.4, 0.5) is 0 Å². The van der Waals surface area contributed by atoms with E-state index in [0.29, 0.717) is 27.8 Å². The van der Waals surface area contributed by atoms with Crippen molar-refractivity contribution in [3.05, 3.63) is 90.0 Å². The Labute approximate surface area is 210 Å². The van der Waals surface area contributed by atoms with Crippen molar-refractivity contribution < 1.29 is 30.5 Å². The highest BCUT2D eigenvalue weighted by Crippen LogP contribution is 2.32.